The fraction of sp³-hybridized carbons (Fsp3) is 0.0833. The molecule has 1 amide bonds. The van der Waals surface area contributed by atoms with Crippen LogP contribution in [0.15, 0.2) is 76.5 Å². The van der Waals surface area contributed by atoms with Gasteiger partial charge in [0.1, 0.15) is 12.4 Å². The summed E-state index contributed by atoms with van der Waals surface area (Å²) in [6.45, 7) is 0.459. The maximum atomic E-state index is 13.3. The zero-order chi connectivity index (χ0) is 22.7. The fourth-order valence-electron chi connectivity index (χ4n) is 3.15. The fourth-order valence-corrected chi connectivity index (χ4v) is 6.94. The van der Waals surface area contributed by atoms with Crippen molar-refractivity contribution in [2.75, 3.05) is 11.2 Å². The highest BCUT2D eigenvalue weighted by Gasteiger charge is 2.33. The third kappa shape index (κ3) is 5.52. The molecule has 8 heteroatoms. The van der Waals surface area contributed by atoms with Crippen LogP contribution in [-0.4, -0.2) is 16.5 Å². The molecule has 0 saturated carbocycles. The van der Waals surface area contributed by atoms with Gasteiger partial charge < -0.3 is 4.74 Å². The molecular formula is C24H17I2NO2S3. The number of carbonyl (C=O) groups excluding carboxylic acids is 1. The Balaban J connectivity index is 1.65. The van der Waals surface area contributed by atoms with Gasteiger partial charge in [-0.3, -0.25) is 9.69 Å². The standard InChI is InChI=1S/C24H17I2NO2S3/c1-31-19-9-5-8-18(13-19)27-23(28)21(32-24(27)30)11-16-10-17(25)12-20(26)22(16)29-14-15-6-3-2-4-7-15/h2-13H,14H2,1H3/b21-11+. The quantitative estimate of drug-likeness (QED) is 0.114. The number of nitrogens with zero attached hydrogens (tertiary/aromatic N) is 1. The number of amides is 1. The van der Waals surface area contributed by atoms with Crippen LogP contribution in [0.1, 0.15) is 11.1 Å². The van der Waals surface area contributed by atoms with Crippen molar-refractivity contribution in [3.63, 3.8) is 0 Å². The van der Waals surface area contributed by atoms with E-state index in [1.807, 2.05) is 73.0 Å². The number of ether oxygens (including phenoxy) is 1. The zero-order valence-corrected chi connectivity index (χ0v) is 23.6. The molecular weight excluding hydrogens is 684 g/mol. The Morgan fingerprint density at radius 1 is 1.09 bits per heavy atom. The molecule has 3 aromatic rings. The number of anilines is 1. The lowest BCUT2D eigenvalue weighted by molar-refractivity contribution is -0.113. The summed E-state index contributed by atoms with van der Waals surface area (Å²) in [5.41, 5.74) is 2.75. The molecule has 3 aromatic carbocycles. The molecule has 1 aliphatic rings. The Hall–Kier alpha value is -1.08. The maximum Gasteiger partial charge on any atom is 0.270 e. The minimum atomic E-state index is -0.110. The van der Waals surface area contributed by atoms with Gasteiger partial charge >= 0.3 is 0 Å². The predicted octanol–water partition coefficient (Wildman–Crippen LogP) is 7.60. The topological polar surface area (TPSA) is 29.5 Å². The van der Waals surface area contributed by atoms with E-state index >= 15 is 0 Å². The van der Waals surface area contributed by atoms with Crippen LogP contribution in [-0.2, 0) is 11.4 Å². The molecule has 1 saturated heterocycles. The molecule has 4 rings (SSSR count). The Morgan fingerprint density at radius 2 is 1.88 bits per heavy atom. The van der Waals surface area contributed by atoms with Gasteiger partial charge in [0.2, 0.25) is 0 Å². The van der Waals surface area contributed by atoms with Crippen molar-refractivity contribution in [1.29, 1.82) is 0 Å². The number of benzene rings is 3. The molecule has 0 bridgehead atoms. The molecule has 162 valence electrons. The normalized spacial score (nSPS) is 15.0. The summed E-state index contributed by atoms with van der Waals surface area (Å²) in [7, 11) is 0. The molecule has 1 aliphatic heterocycles. The Labute approximate surface area is 228 Å². The van der Waals surface area contributed by atoms with Crippen LogP contribution in [0.5, 0.6) is 5.75 Å². The van der Waals surface area contributed by atoms with Crippen molar-refractivity contribution < 1.29 is 9.53 Å². The number of halogens is 2. The van der Waals surface area contributed by atoms with Gasteiger partial charge in [-0.15, -0.1) is 11.8 Å². The first-order chi connectivity index (χ1) is 15.5. The molecule has 0 aliphatic carbocycles. The molecule has 1 fully saturated rings. The number of rotatable bonds is 6. The zero-order valence-electron chi connectivity index (χ0n) is 16.9. The minimum Gasteiger partial charge on any atom is -0.487 e. The SMILES string of the molecule is CSc1cccc(N2C(=O)/C(=C\c3cc(I)cc(I)c3OCc3ccccc3)SC2=S)c1. The smallest absolute Gasteiger partial charge is 0.270 e. The summed E-state index contributed by atoms with van der Waals surface area (Å²) >= 11 is 13.1. The monoisotopic (exact) mass is 701 g/mol. The highest BCUT2D eigenvalue weighted by atomic mass is 127. The second-order valence-corrected chi connectivity index (χ2v) is 11.8. The van der Waals surface area contributed by atoms with Gasteiger partial charge in [-0.1, -0.05) is 60.4 Å². The first-order valence-corrected chi connectivity index (χ1v) is 14.1. The van der Waals surface area contributed by atoms with Gasteiger partial charge in [0.15, 0.2) is 4.32 Å². The lowest BCUT2D eigenvalue weighted by atomic mass is 10.1. The van der Waals surface area contributed by atoms with Gasteiger partial charge in [-0.05, 0) is 93.4 Å². The van der Waals surface area contributed by atoms with Crippen molar-refractivity contribution in [3.8, 4) is 5.75 Å². The van der Waals surface area contributed by atoms with Crippen LogP contribution in [0.2, 0.25) is 0 Å². The number of carbonyl (C=O) groups is 1. The van der Waals surface area contributed by atoms with Crippen LogP contribution >= 0.6 is 80.9 Å². The summed E-state index contributed by atoms with van der Waals surface area (Å²) < 4.78 is 8.81. The van der Waals surface area contributed by atoms with Crippen molar-refractivity contribution in [2.45, 2.75) is 11.5 Å². The predicted molar refractivity (Wildman–Crippen MR) is 157 cm³/mol. The summed E-state index contributed by atoms with van der Waals surface area (Å²) in [6.07, 6.45) is 3.90. The molecule has 3 nitrogen and oxygen atoms in total. The molecule has 1 heterocycles. The van der Waals surface area contributed by atoms with Gasteiger partial charge in [0.25, 0.3) is 5.91 Å². The molecule has 0 atom stereocenters. The molecule has 32 heavy (non-hydrogen) atoms. The van der Waals surface area contributed by atoms with E-state index in [-0.39, 0.29) is 5.91 Å². The third-order valence-electron chi connectivity index (χ3n) is 4.65. The maximum absolute atomic E-state index is 13.3. The summed E-state index contributed by atoms with van der Waals surface area (Å²) in [5.74, 6) is 0.658. The molecule has 0 N–H and O–H groups in total. The van der Waals surface area contributed by atoms with Crippen molar-refractivity contribution in [3.05, 3.63) is 89.9 Å². The molecule has 0 aromatic heterocycles. The van der Waals surface area contributed by atoms with Gasteiger partial charge in [-0.25, -0.2) is 0 Å². The van der Waals surface area contributed by atoms with E-state index in [1.165, 1.54) is 11.8 Å². The first-order valence-electron chi connectivity index (χ1n) is 9.54. The summed E-state index contributed by atoms with van der Waals surface area (Å²) in [6, 6.07) is 22.0. The van der Waals surface area contributed by atoms with E-state index in [4.69, 9.17) is 17.0 Å². The highest BCUT2D eigenvalue weighted by Crippen LogP contribution is 2.39. The Morgan fingerprint density at radius 3 is 2.62 bits per heavy atom. The van der Waals surface area contributed by atoms with Crippen LogP contribution in [0.25, 0.3) is 6.08 Å². The minimum absolute atomic E-state index is 0.110. The third-order valence-corrected chi connectivity index (χ3v) is 8.11. The van der Waals surface area contributed by atoms with E-state index < -0.39 is 0 Å². The van der Waals surface area contributed by atoms with Gasteiger partial charge in [0.05, 0.1) is 14.2 Å². The van der Waals surface area contributed by atoms with Crippen molar-refractivity contribution in [1.82, 2.24) is 0 Å². The van der Waals surface area contributed by atoms with Crippen LogP contribution in [0, 0.1) is 7.14 Å². The molecule has 0 spiro atoms. The van der Waals surface area contributed by atoms with E-state index in [0.717, 1.165) is 34.6 Å². The lowest BCUT2D eigenvalue weighted by Crippen LogP contribution is -2.27. The largest absolute Gasteiger partial charge is 0.487 e. The second-order valence-electron chi connectivity index (χ2n) is 6.80. The van der Waals surface area contributed by atoms with Crippen LogP contribution < -0.4 is 9.64 Å². The average molecular weight is 701 g/mol. The van der Waals surface area contributed by atoms with Gasteiger partial charge in [-0.2, -0.15) is 0 Å². The average Bonchev–Trinajstić information content (AvgIpc) is 3.06. The van der Waals surface area contributed by atoms with E-state index in [0.29, 0.717) is 15.8 Å². The van der Waals surface area contributed by atoms with E-state index in [9.17, 15) is 4.79 Å². The number of thioether (sulfide) groups is 2. The van der Waals surface area contributed by atoms with Crippen molar-refractivity contribution in [2.24, 2.45) is 0 Å². The first kappa shape index (κ1) is 24.1. The van der Waals surface area contributed by atoms with E-state index in [1.54, 1.807) is 16.7 Å². The summed E-state index contributed by atoms with van der Waals surface area (Å²) in [5, 5.41) is 0. The molecule has 0 radical (unpaired) electrons. The number of hydrogen-bond donors (Lipinski definition) is 0. The molecule has 0 unspecified atom stereocenters. The van der Waals surface area contributed by atoms with Crippen LogP contribution in [0.4, 0.5) is 5.69 Å². The number of hydrogen-bond acceptors (Lipinski definition) is 5. The van der Waals surface area contributed by atoms with E-state index in [2.05, 4.69) is 51.2 Å². The Kier molecular flexibility index (Phi) is 8.19. The lowest BCUT2D eigenvalue weighted by Gasteiger charge is -2.15. The van der Waals surface area contributed by atoms with Gasteiger partial charge in [0, 0.05) is 14.0 Å². The summed E-state index contributed by atoms with van der Waals surface area (Å²) in [4.78, 5) is 16.6. The van der Waals surface area contributed by atoms with Crippen LogP contribution in [0.3, 0.4) is 0 Å². The number of thiocarbonyl (C=S) groups is 1. The van der Waals surface area contributed by atoms with Crippen molar-refractivity contribution >= 4 is 103 Å². The Bertz CT molecular complexity index is 1220. The highest BCUT2D eigenvalue weighted by molar-refractivity contribution is 14.1. The second kappa shape index (κ2) is 10.9.